The number of aromatic hydroxyl groups is 2. The van der Waals surface area contributed by atoms with E-state index in [4.69, 9.17) is 0 Å². The third-order valence-corrected chi connectivity index (χ3v) is 7.42. The predicted octanol–water partition coefficient (Wildman–Crippen LogP) is 7.13. The Morgan fingerprint density at radius 1 is 0.621 bits per heavy atom. The number of hydrogen-bond acceptors (Lipinski definition) is 4. The van der Waals surface area contributed by atoms with Crippen LogP contribution in [0.5, 0.6) is 11.5 Å². The minimum atomic E-state index is -3.64. The summed E-state index contributed by atoms with van der Waals surface area (Å²) in [6, 6.07) is 4.01. The topological polar surface area (TPSA) is 74.6 Å². The SMILES string of the molecule is CCCCCCCCCCCCCCCCCCS(=O)(=O)c1c(O)cccc1O. The zero-order valence-electron chi connectivity index (χ0n) is 18.4. The van der Waals surface area contributed by atoms with Crippen LogP contribution in [0.4, 0.5) is 0 Å². The molecule has 0 aliphatic heterocycles. The summed E-state index contributed by atoms with van der Waals surface area (Å²) in [7, 11) is -3.64. The summed E-state index contributed by atoms with van der Waals surface area (Å²) in [4.78, 5) is -0.332. The molecule has 0 aliphatic carbocycles. The van der Waals surface area contributed by atoms with Crippen molar-refractivity contribution in [2.45, 2.75) is 115 Å². The van der Waals surface area contributed by atoms with Gasteiger partial charge in [0.2, 0.25) is 0 Å². The maximum atomic E-state index is 12.3. The molecule has 0 amide bonds. The summed E-state index contributed by atoms with van der Waals surface area (Å²) >= 11 is 0. The molecule has 0 saturated heterocycles. The molecular weight excluding hydrogens is 384 g/mol. The molecule has 0 atom stereocenters. The number of phenols is 2. The summed E-state index contributed by atoms with van der Waals surface area (Å²) in [5, 5.41) is 19.4. The van der Waals surface area contributed by atoms with Gasteiger partial charge in [0.1, 0.15) is 11.5 Å². The fraction of sp³-hybridized carbons (Fsp3) is 0.750. The van der Waals surface area contributed by atoms with Crippen molar-refractivity contribution >= 4 is 9.84 Å². The molecule has 0 spiro atoms. The van der Waals surface area contributed by atoms with Crippen LogP contribution in [0.3, 0.4) is 0 Å². The zero-order chi connectivity index (χ0) is 21.4. The number of phenolic OH excluding ortho intramolecular Hbond substituents is 2. The van der Waals surface area contributed by atoms with Crippen molar-refractivity contribution in [3.63, 3.8) is 0 Å². The zero-order valence-corrected chi connectivity index (χ0v) is 19.2. The highest BCUT2D eigenvalue weighted by molar-refractivity contribution is 7.91. The fourth-order valence-corrected chi connectivity index (χ4v) is 5.34. The van der Waals surface area contributed by atoms with Crippen LogP contribution in [0.15, 0.2) is 23.1 Å². The van der Waals surface area contributed by atoms with Crippen LogP contribution >= 0.6 is 0 Å². The molecular formula is C24H42O4S. The molecule has 0 unspecified atom stereocenters. The van der Waals surface area contributed by atoms with Crippen LogP contribution in [0.2, 0.25) is 0 Å². The first-order chi connectivity index (χ1) is 14.0. The monoisotopic (exact) mass is 426 g/mol. The number of rotatable bonds is 18. The van der Waals surface area contributed by atoms with Gasteiger partial charge in [-0.05, 0) is 18.6 Å². The molecule has 168 valence electrons. The van der Waals surface area contributed by atoms with Crippen molar-refractivity contribution in [2.75, 3.05) is 5.75 Å². The summed E-state index contributed by atoms with van der Waals surface area (Å²) in [5.41, 5.74) is 0. The molecule has 1 aromatic carbocycles. The van der Waals surface area contributed by atoms with Gasteiger partial charge in [0.05, 0.1) is 5.75 Å². The lowest BCUT2D eigenvalue weighted by Gasteiger charge is -2.08. The van der Waals surface area contributed by atoms with Crippen LogP contribution in [-0.2, 0) is 9.84 Å². The van der Waals surface area contributed by atoms with E-state index in [1.54, 1.807) is 0 Å². The van der Waals surface area contributed by atoms with Gasteiger partial charge in [0, 0.05) is 0 Å². The van der Waals surface area contributed by atoms with E-state index in [-0.39, 0.29) is 22.1 Å². The Balaban J connectivity index is 1.96. The first-order valence-corrected chi connectivity index (χ1v) is 13.4. The summed E-state index contributed by atoms with van der Waals surface area (Å²) in [5.74, 6) is -0.778. The Hall–Kier alpha value is -1.23. The van der Waals surface area contributed by atoms with E-state index < -0.39 is 9.84 Å². The van der Waals surface area contributed by atoms with Crippen LogP contribution in [0.25, 0.3) is 0 Å². The second-order valence-corrected chi connectivity index (χ2v) is 10.3. The Labute approximate surface area is 178 Å². The van der Waals surface area contributed by atoms with E-state index in [0.29, 0.717) is 6.42 Å². The third kappa shape index (κ3) is 11.5. The minimum absolute atomic E-state index is 0.0312. The first kappa shape index (κ1) is 25.8. The highest BCUT2D eigenvalue weighted by atomic mass is 32.2. The molecule has 0 bridgehead atoms. The Kier molecular flexibility index (Phi) is 13.9. The minimum Gasteiger partial charge on any atom is -0.506 e. The van der Waals surface area contributed by atoms with Crippen LogP contribution in [0.1, 0.15) is 110 Å². The molecule has 5 heteroatoms. The maximum Gasteiger partial charge on any atom is 0.185 e. The molecule has 0 aliphatic rings. The van der Waals surface area contributed by atoms with E-state index in [9.17, 15) is 18.6 Å². The fourth-order valence-electron chi connectivity index (χ4n) is 3.77. The van der Waals surface area contributed by atoms with E-state index in [1.165, 1.54) is 95.2 Å². The van der Waals surface area contributed by atoms with Crippen molar-refractivity contribution in [2.24, 2.45) is 0 Å². The lowest BCUT2D eigenvalue weighted by Crippen LogP contribution is -2.07. The van der Waals surface area contributed by atoms with Gasteiger partial charge in [-0.15, -0.1) is 0 Å². The van der Waals surface area contributed by atoms with Crippen LogP contribution in [-0.4, -0.2) is 24.4 Å². The molecule has 0 heterocycles. The molecule has 0 aromatic heterocycles. The lowest BCUT2D eigenvalue weighted by molar-refractivity contribution is 0.423. The van der Waals surface area contributed by atoms with Crippen LogP contribution in [0, 0.1) is 0 Å². The maximum absolute atomic E-state index is 12.3. The van der Waals surface area contributed by atoms with Gasteiger partial charge in [-0.25, -0.2) is 8.42 Å². The molecule has 1 rings (SSSR count). The Morgan fingerprint density at radius 3 is 1.34 bits per heavy atom. The number of hydrogen-bond donors (Lipinski definition) is 2. The Morgan fingerprint density at radius 2 is 0.966 bits per heavy atom. The largest absolute Gasteiger partial charge is 0.506 e. The van der Waals surface area contributed by atoms with E-state index in [0.717, 1.165) is 19.3 Å². The summed E-state index contributed by atoms with van der Waals surface area (Å²) in [6.07, 6.45) is 19.8. The average molecular weight is 427 g/mol. The number of benzene rings is 1. The predicted molar refractivity (Wildman–Crippen MR) is 121 cm³/mol. The number of sulfone groups is 1. The first-order valence-electron chi connectivity index (χ1n) is 11.7. The van der Waals surface area contributed by atoms with Gasteiger partial charge in [0.25, 0.3) is 0 Å². The molecule has 2 N–H and O–H groups in total. The van der Waals surface area contributed by atoms with Gasteiger partial charge in [-0.2, -0.15) is 0 Å². The van der Waals surface area contributed by atoms with Crippen molar-refractivity contribution in [3.05, 3.63) is 18.2 Å². The Bertz CT molecular complexity index is 620. The van der Waals surface area contributed by atoms with Gasteiger partial charge in [0.15, 0.2) is 14.7 Å². The summed E-state index contributed by atoms with van der Waals surface area (Å²) < 4.78 is 24.6. The van der Waals surface area contributed by atoms with Gasteiger partial charge in [-0.3, -0.25) is 0 Å². The number of unbranched alkanes of at least 4 members (excludes halogenated alkanes) is 15. The highest BCUT2D eigenvalue weighted by Gasteiger charge is 2.22. The quantitative estimate of drug-likeness (QED) is 0.245. The van der Waals surface area contributed by atoms with E-state index in [2.05, 4.69) is 6.92 Å². The highest BCUT2D eigenvalue weighted by Crippen LogP contribution is 2.32. The van der Waals surface area contributed by atoms with E-state index in [1.807, 2.05) is 0 Å². The van der Waals surface area contributed by atoms with Gasteiger partial charge in [-0.1, -0.05) is 109 Å². The van der Waals surface area contributed by atoms with Crippen molar-refractivity contribution in [3.8, 4) is 11.5 Å². The van der Waals surface area contributed by atoms with E-state index >= 15 is 0 Å². The van der Waals surface area contributed by atoms with Crippen molar-refractivity contribution in [1.82, 2.24) is 0 Å². The van der Waals surface area contributed by atoms with Crippen molar-refractivity contribution in [1.29, 1.82) is 0 Å². The molecule has 1 aromatic rings. The molecule has 4 nitrogen and oxygen atoms in total. The normalized spacial score (nSPS) is 11.8. The van der Waals surface area contributed by atoms with Crippen molar-refractivity contribution < 1.29 is 18.6 Å². The standard InChI is InChI=1S/C24H42O4S/c1-2-3-4-5-6-7-8-9-10-11-12-13-14-15-16-17-21-29(27,28)24-22(25)19-18-20-23(24)26/h18-20,25-26H,2-17,21H2,1H3. The molecule has 29 heavy (non-hydrogen) atoms. The van der Waals surface area contributed by atoms with Crippen LogP contribution < -0.4 is 0 Å². The lowest BCUT2D eigenvalue weighted by atomic mass is 10.0. The van der Waals surface area contributed by atoms with Gasteiger partial charge >= 0.3 is 0 Å². The smallest absolute Gasteiger partial charge is 0.185 e. The second kappa shape index (κ2) is 15.6. The molecule has 0 saturated carbocycles. The molecule has 0 radical (unpaired) electrons. The second-order valence-electron chi connectivity index (χ2n) is 8.25. The average Bonchev–Trinajstić information content (AvgIpc) is 2.67. The summed E-state index contributed by atoms with van der Waals surface area (Å²) in [6.45, 7) is 2.26. The third-order valence-electron chi connectivity index (χ3n) is 5.55. The molecule has 0 fully saturated rings. The van der Waals surface area contributed by atoms with Gasteiger partial charge < -0.3 is 10.2 Å².